The van der Waals surface area contributed by atoms with Gasteiger partial charge in [0.2, 0.25) is 11.8 Å². The lowest BCUT2D eigenvalue weighted by molar-refractivity contribution is -0.119. The van der Waals surface area contributed by atoms with Gasteiger partial charge in [0.05, 0.1) is 12.8 Å². The van der Waals surface area contributed by atoms with Crippen molar-refractivity contribution in [3.8, 4) is 0 Å². The number of aryl methyl sites for hydroxylation is 1. The van der Waals surface area contributed by atoms with Gasteiger partial charge in [0, 0.05) is 19.9 Å². The van der Waals surface area contributed by atoms with Gasteiger partial charge in [-0.05, 0) is 17.9 Å². The summed E-state index contributed by atoms with van der Waals surface area (Å²) < 4.78 is 4.65. The van der Waals surface area contributed by atoms with Gasteiger partial charge in [0.15, 0.2) is 0 Å². The number of carbonyl (C=O) groups is 3. The lowest BCUT2D eigenvalue weighted by Gasteiger charge is -2.07. The first kappa shape index (κ1) is 15.2. The minimum atomic E-state index is -0.477. The van der Waals surface area contributed by atoms with Crippen molar-refractivity contribution in [1.82, 2.24) is 5.32 Å². The monoisotopic (exact) mass is 284 g/mol. The number of hydrogen-bond acceptors (Lipinski definition) is 5. The van der Waals surface area contributed by atoms with Crippen LogP contribution in [-0.4, -0.2) is 31.4 Å². The fraction of sp³-hybridized carbons (Fsp3) is 0.417. The van der Waals surface area contributed by atoms with Gasteiger partial charge in [0.1, 0.15) is 4.88 Å². The third kappa shape index (κ3) is 4.36. The molecule has 0 bridgehead atoms. The van der Waals surface area contributed by atoms with Crippen LogP contribution in [0.15, 0.2) is 5.38 Å². The third-order valence-electron chi connectivity index (χ3n) is 2.34. The van der Waals surface area contributed by atoms with E-state index in [9.17, 15) is 14.4 Å². The van der Waals surface area contributed by atoms with Crippen molar-refractivity contribution in [3.05, 3.63) is 15.8 Å². The Kier molecular flexibility index (Phi) is 5.50. The van der Waals surface area contributed by atoms with Crippen molar-refractivity contribution >= 4 is 34.8 Å². The molecule has 1 heterocycles. The zero-order valence-electron chi connectivity index (χ0n) is 11.0. The van der Waals surface area contributed by atoms with E-state index in [4.69, 9.17) is 0 Å². The molecule has 0 aliphatic carbocycles. The maximum absolute atomic E-state index is 11.7. The van der Waals surface area contributed by atoms with E-state index in [1.807, 2.05) is 0 Å². The van der Waals surface area contributed by atoms with Crippen molar-refractivity contribution in [3.63, 3.8) is 0 Å². The van der Waals surface area contributed by atoms with Gasteiger partial charge >= 0.3 is 5.97 Å². The first-order valence-electron chi connectivity index (χ1n) is 5.66. The summed E-state index contributed by atoms with van der Waals surface area (Å²) in [6.07, 6.45) is 0.148. The fourth-order valence-electron chi connectivity index (χ4n) is 1.40. The van der Waals surface area contributed by atoms with Gasteiger partial charge in [-0.25, -0.2) is 4.79 Å². The van der Waals surface area contributed by atoms with E-state index in [0.717, 1.165) is 5.56 Å². The summed E-state index contributed by atoms with van der Waals surface area (Å²) in [5.41, 5.74) is 1.28. The Labute approximate surface area is 115 Å². The average molecular weight is 284 g/mol. The Morgan fingerprint density at radius 1 is 1.37 bits per heavy atom. The van der Waals surface area contributed by atoms with Crippen molar-refractivity contribution in [2.75, 3.05) is 19.0 Å². The van der Waals surface area contributed by atoms with Crippen LogP contribution < -0.4 is 10.6 Å². The lowest BCUT2D eigenvalue weighted by atomic mass is 10.2. The maximum atomic E-state index is 11.7. The standard InChI is InChI=1S/C12H16N2O4S/c1-7-6-19-11(12(17)18-3)10(7)14-9(16)4-5-13-8(2)15/h6H,4-5H2,1-3H3,(H,13,15)(H,14,16). The van der Waals surface area contributed by atoms with Crippen LogP contribution in [0.25, 0.3) is 0 Å². The van der Waals surface area contributed by atoms with E-state index in [1.54, 1.807) is 12.3 Å². The van der Waals surface area contributed by atoms with Gasteiger partial charge in [0.25, 0.3) is 0 Å². The van der Waals surface area contributed by atoms with Crippen molar-refractivity contribution in [2.24, 2.45) is 0 Å². The van der Waals surface area contributed by atoms with Crippen LogP contribution in [0, 0.1) is 6.92 Å². The van der Waals surface area contributed by atoms with E-state index in [2.05, 4.69) is 15.4 Å². The molecule has 1 rings (SSSR count). The number of thiophene rings is 1. The zero-order valence-corrected chi connectivity index (χ0v) is 11.8. The second-order valence-corrected chi connectivity index (χ2v) is 4.78. The van der Waals surface area contributed by atoms with Crippen LogP contribution in [-0.2, 0) is 14.3 Å². The number of ether oxygens (including phenoxy) is 1. The van der Waals surface area contributed by atoms with E-state index < -0.39 is 5.97 Å². The van der Waals surface area contributed by atoms with E-state index >= 15 is 0 Å². The molecule has 0 aliphatic rings. The average Bonchev–Trinajstić information content (AvgIpc) is 2.70. The summed E-state index contributed by atoms with van der Waals surface area (Å²) in [6.45, 7) is 3.45. The Morgan fingerprint density at radius 3 is 2.63 bits per heavy atom. The first-order chi connectivity index (χ1) is 8.95. The molecule has 0 aromatic carbocycles. The Morgan fingerprint density at radius 2 is 2.05 bits per heavy atom. The van der Waals surface area contributed by atoms with Crippen molar-refractivity contribution in [2.45, 2.75) is 20.3 Å². The molecule has 0 unspecified atom stereocenters. The molecule has 104 valence electrons. The van der Waals surface area contributed by atoms with E-state index in [-0.39, 0.29) is 24.8 Å². The largest absolute Gasteiger partial charge is 0.465 e. The normalized spacial score (nSPS) is 9.84. The Bertz CT molecular complexity index is 496. The van der Waals surface area contributed by atoms with Crippen LogP contribution in [0.5, 0.6) is 0 Å². The van der Waals surface area contributed by atoms with Gasteiger partial charge in [-0.1, -0.05) is 0 Å². The molecule has 6 nitrogen and oxygen atoms in total. The number of anilines is 1. The highest BCUT2D eigenvalue weighted by Crippen LogP contribution is 2.28. The summed E-state index contributed by atoms with van der Waals surface area (Å²) in [5, 5.41) is 6.97. The molecule has 0 spiro atoms. The lowest BCUT2D eigenvalue weighted by Crippen LogP contribution is -2.25. The summed E-state index contributed by atoms with van der Waals surface area (Å²) in [7, 11) is 1.29. The summed E-state index contributed by atoms with van der Waals surface area (Å²) in [5.74, 6) is -0.926. The quantitative estimate of drug-likeness (QED) is 0.798. The minimum Gasteiger partial charge on any atom is -0.465 e. The maximum Gasteiger partial charge on any atom is 0.350 e. The second-order valence-electron chi connectivity index (χ2n) is 3.90. The van der Waals surface area contributed by atoms with E-state index in [0.29, 0.717) is 10.6 Å². The van der Waals surface area contributed by atoms with Crippen LogP contribution in [0.1, 0.15) is 28.6 Å². The number of esters is 1. The van der Waals surface area contributed by atoms with Crippen molar-refractivity contribution < 1.29 is 19.1 Å². The topological polar surface area (TPSA) is 84.5 Å². The van der Waals surface area contributed by atoms with Gasteiger partial charge in [-0.3, -0.25) is 9.59 Å². The van der Waals surface area contributed by atoms with Gasteiger partial charge < -0.3 is 15.4 Å². The van der Waals surface area contributed by atoms with Gasteiger partial charge in [-0.15, -0.1) is 11.3 Å². The van der Waals surface area contributed by atoms with Gasteiger partial charge in [-0.2, -0.15) is 0 Å². The van der Waals surface area contributed by atoms with E-state index in [1.165, 1.54) is 25.4 Å². The van der Waals surface area contributed by atoms with Crippen LogP contribution >= 0.6 is 11.3 Å². The molecular formula is C12H16N2O4S. The molecule has 0 fully saturated rings. The smallest absolute Gasteiger partial charge is 0.350 e. The zero-order chi connectivity index (χ0) is 14.4. The molecule has 0 saturated heterocycles. The highest BCUT2D eigenvalue weighted by atomic mass is 32.1. The molecule has 0 saturated carbocycles. The predicted octanol–water partition coefficient (Wildman–Crippen LogP) is 1.31. The first-order valence-corrected chi connectivity index (χ1v) is 6.54. The Balaban J connectivity index is 2.66. The number of methoxy groups -OCH3 is 1. The molecule has 0 atom stereocenters. The molecule has 0 radical (unpaired) electrons. The number of carbonyl (C=O) groups excluding carboxylic acids is 3. The molecule has 19 heavy (non-hydrogen) atoms. The molecule has 7 heteroatoms. The predicted molar refractivity (Wildman–Crippen MR) is 72.3 cm³/mol. The third-order valence-corrected chi connectivity index (χ3v) is 3.41. The van der Waals surface area contributed by atoms with Crippen LogP contribution in [0.4, 0.5) is 5.69 Å². The molecule has 2 amide bonds. The summed E-state index contributed by atoms with van der Waals surface area (Å²) in [6, 6.07) is 0. The molecule has 1 aromatic heterocycles. The minimum absolute atomic E-state index is 0.148. The number of rotatable bonds is 5. The second kappa shape index (κ2) is 6.89. The Hall–Kier alpha value is -1.89. The number of hydrogen-bond donors (Lipinski definition) is 2. The van der Waals surface area contributed by atoms with Crippen molar-refractivity contribution in [1.29, 1.82) is 0 Å². The molecule has 1 aromatic rings. The summed E-state index contributed by atoms with van der Waals surface area (Å²) in [4.78, 5) is 34.3. The number of nitrogens with one attached hydrogen (secondary N) is 2. The van der Waals surface area contributed by atoms with Crippen LogP contribution in [0.3, 0.4) is 0 Å². The highest BCUT2D eigenvalue weighted by molar-refractivity contribution is 7.12. The summed E-state index contributed by atoms with van der Waals surface area (Å²) >= 11 is 1.22. The molecule has 0 aliphatic heterocycles. The molecule has 2 N–H and O–H groups in total. The van der Waals surface area contributed by atoms with Crippen LogP contribution in [0.2, 0.25) is 0 Å². The highest BCUT2D eigenvalue weighted by Gasteiger charge is 2.18. The number of amides is 2. The SMILES string of the molecule is COC(=O)c1scc(C)c1NC(=O)CCNC(C)=O. The fourth-order valence-corrected chi connectivity index (χ4v) is 2.32. The molecular weight excluding hydrogens is 268 g/mol.